The molecule has 2 atom stereocenters. The molecule has 0 bridgehead atoms. The summed E-state index contributed by atoms with van der Waals surface area (Å²) in [5.41, 5.74) is 0.664. The van der Waals surface area contributed by atoms with E-state index in [-0.39, 0.29) is 11.5 Å². The van der Waals surface area contributed by atoms with Crippen molar-refractivity contribution in [1.29, 1.82) is 0 Å². The highest BCUT2D eigenvalue weighted by Crippen LogP contribution is 2.28. The standard InChI is InChI=1S/C11H14ClNO4S/c1-17-11-4-7(2-3-8(11)12)13-9-5-18(15,16)6-10(9)14/h2-4,9-10,13-14H,5-6H2,1H3. The molecule has 2 unspecified atom stereocenters. The van der Waals surface area contributed by atoms with Crippen LogP contribution in [0.25, 0.3) is 0 Å². The van der Waals surface area contributed by atoms with Gasteiger partial charge < -0.3 is 15.2 Å². The van der Waals surface area contributed by atoms with Crippen molar-refractivity contribution in [3.63, 3.8) is 0 Å². The fraction of sp³-hybridized carbons (Fsp3) is 0.455. The summed E-state index contributed by atoms with van der Waals surface area (Å²) in [7, 11) is -1.66. The quantitative estimate of drug-likeness (QED) is 0.866. The summed E-state index contributed by atoms with van der Waals surface area (Å²) < 4.78 is 27.8. The van der Waals surface area contributed by atoms with Gasteiger partial charge >= 0.3 is 0 Å². The van der Waals surface area contributed by atoms with E-state index in [2.05, 4.69) is 5.32 Å². The van der Waals surface area contributed by atoms with Crippen molar-refractivity contribution in [3.05, 3.63) is 23.2 Å². The van der Waals surface area contributed by atoms with Gasteiger partial charge in [0, 0.05) is 11.8 Å². The summed E-state index contributed by atoms with van der Waals surface area (Å²) in [5.74, 6) is 0.228. The lowest BCUT2D eigenvalue weighted by atomic mass is 10.2. The van der Waals surface area contributed by atoms with Crippen molar-refractivity contribution in [2.24, 2.45) is 0 Å². The second kappa shape index (κ2) is 4.95. The molecule has 100 valence electrons. The van der Waals surface area contributed by atoms with Gasteiger partial charge in [-0.1, -0.05) is 11.6 Å². The lowest BCUT2D eigenvalue weighted by molar-refractivity contribution is 0.190. The first kappa shape index (κ1) is 13.5. The van der Waals surface area contributed by atoms with Crippen molar-refractivity contribution in [2.45, 2.75) is 12.1 Å². The van der Waals surface area contributed by atoms with E-state index >= 15 is 0 Å². The minimum atomic E-state index is -3.16. The molecule has 2 rings (SSSR count). The molecule has 1 aromatic carbocycles. The second-order valence-electron chi connectivity index (χ2n) is 4.24. The molecule has 0 spiro atoms. The number of methoxy groups -OCH3 is 1. The van der Waals surface area contributed by atoms with Gasteiger partial charge in [-0.3, -0.25) is 0 Å². The zero-order valence-electron chi connectivity index (χ0n) is 9.76. The zero-order chi connectivity index (χ0) is 13.3. The molecule has 0 aliphatic carbocycles. The maximum atomic E-state index is 11.4. The number of halogens is 1. The Balaban J connectivity index is 2.15. The zero-order valence-corrected chi connectivity index (χ0v) is 11.3. The van der Waals surface area contributed by atoms with Crippen LogP contribution in [0.2, 0.25) is 5.02 Å². The molecular formula is C11H14ClNO4S. The van der Waals surface area contributed by atoms with Crippen molar-refractivity contribution in [1.82, 2.24) is 0 Å². The van der Waals surface area contributed by atoms with Crippen LogP contribution in [0, 0.1) is 0 Å². The van der Waals surface area contributed by atoms with E-state index in [1.807, 2.05) is 0 Å². The third kappa shape index (κ3) is 2.88. The van der Waals surface area contributed by atoms with E-state index in [9.17, 15) is 13.5 Å². The smallest absolute Gasteiger partial charge is 0.155 e. The average Bonchev–Trinajstić information content (AvgIpc) is 2.54. The van der Waals surface area contributed by atoms with Crippen LogP contribution in [0.1, 0.15) is 0 Å². The number of anilines is 1. The first-order valence-corrected chi connectivity index (χ1v) is 7.60. The summed E-state index contributed by atoms with van der Waals surface area (Å²) in [4.78, 5) is 0. The van der Waals surface area contributed by atoms with Crippen LogP contribution >= 0.6 is 11.6 Å². The maximum absolute atomic E-state index is 11.4. The Labute approximate surface area is 111 Å². The normalized spacial score (nSPS) is 25.9. The molecule has 0 saturated carbocycles. The Morgan fingerprint density at radius 1 is 1.44 bits per heavy atom. The molecule has 18 heavy (non-hydrogen) atoms. The largest absolute Gasteiger partial charge is 0.495 e. The minimum Gasteiger partial charge on any atom is -0.495 e. The van der Waals surface area contributed by atoms with Gasteiger partial charge in [-0.15, -0.1) is 0 Å². The molecule has 5 nitrogen and oxygen atoms in total. The number of ether oxygens (including phenoxy) is 1. The molecule has 0 amide bonds. The van der Waals surface area contributed by atoms with Gasteiger partial charge in [0.2, 0.25) is 0 Å². The van der Waals surface area contributed by atoms with Crippen LogP contribution in [-0.2, 0) is 9.84 Å². The van der Waals surface area contributed by atoms with E-state index in [1.54, 1.807) is 18.2 Å². The number of aliphatic hydroxyl groups excluding tert-OH is 1. The number of rotatable bonds is 3. The number of sulfone groups is 1. The molecule has 1 heterocycles. The topological polar surface area (TPSA) is 75.6 Å². The third-order valence-corrected chi connectivity index (χ3v) is 4.85. The highest BCUT2D eigenvalue weighted by atomic mass is 35.5. The number of aliphatic hydroxyl groups is 1. The van der Waals surface area contributed by atoms with Crippen molar-refractivity contribution in [2.75, 3.05) is 23.9 Å². The highest BCUT2D eigenvalue weighted by Gasteiger charge is 2.36. The van der Waals surface area contributed by atoms with Gasteiger partial charge in [-0.2, -0.15) is 0 Å². The predicted molar refractivity (Wildman–Crippen MR) is 70.1 cm³/mol. The maximum Gasteiger partial charge on any atom is 0.155 e. The molecule has 2 N–H and O–H groups in total. The lowest BCUT2D eigenvalue weighted by Gasteiger charge is -2.17. The first-order chi connectivity index (χ1) is 8.41. The van der Waals surface area contributed by atoms with Crippen molar-refractivity contribution in [3.8, 4) is 5.75 Å². The van der Waals surface area contributed by atoms with Gasteiger partial charge in [0.15, 0.2) is 9.84 Å². The van der Waals surface area contributed by atoms with Crippen LogP contribution < -0.4 is 10.1 Å². The van der Waals surface area contributed by atoms with Crippen LogP contribution in [0.5, 0.6) is 5.75 Å². The third-order valence-electron chi connectivity index (χ3n) is 2.83. The van der Waals surface area contributed by atoms with Gasteiger partial charge in [0.25, 0.3) is 0 Å². The van der Waals surface area contributed by atoms with Gasteiger partial charge in [0.05, 0.1) is 35.8 Å². The van der Waals surface area contributed by atoms with E-state index in [4.69, 9.17) is 16.3 Å². The SMILES string of the molecule is COc1cc(NC2CS(=O)(=O)CC2O)ccc1Cl. The number of hydrogen-bond donors (Lipinski definition) is 2. The second-order valence-corrected chi connectivity index (χ2v) is 6.81. The van der Waals surface area contributed by atoms with E-state index in [0.29, 0.717) is 16.5 Å². The monoisotopic (exact) mass is 291 g/mol. The summed E-state index contributed by atoms with van der Waals surface area (Å²) in [5, 5.41) is 13.1. The number of nitrogens with one attached hydrogen (secondary N) is 1. The summed E-state index contributed by atoms with van der Waals surface area (Å²) in [6.07, 6.45) is -0.892. The average molecular weight is 292 g/mol. The fourth-order valence-corrected chi connectivity index (χ4v) is 3.87. The lowest BCUT2D eigenvalue weighted by Crippen LogP contribution is -2.31. The number of benzene rings is 1. The van der Waals surface area contributed by atoms with E-state index in [0.717, 1.165) is 0 Å². The summed E-state index contributed by atoms with van der Waals surface area (Å²) in [6.45, 7) is 0. The molecule has 1 aliphatic heterocycles. The fourth-order valence-electron chi connectivity index (χ4n) is 1.93. The molecule has 1 aliphatic rings. The van der Waals surface area contributed by atoms with Crippen molar-refractivity contribution < 1.29 is 18.3 Å². The predicted octanol–water partition coefficient (Wildman–Crippen LogP) is 0.918. The molecule has 0 radical (unpaired) electrons. The Morgan fingerprint density at radius 2 is 2.17 bits per heavy atom. The van der Waals surface area contributed by atoms with Crippen LogP contribution in [0.15, 0.2) is 18.2 Å². The van der Waals surface area contributed by atoms with Crippen molar-refractivity contribution >= 4 is 27.1 Å². The number of hydrogen-bond acceptors (Lipinski definition) is 5. The van der Waals surface area contributed by atoms with Gasteiger partial charge in [-0.05, 0) is 12.1 Å². The molecular weight excluding hydrogens is 278 g/mol. The van der Waals surface area contributed by atoms with Gasteiger partial charge in [-0.25, -0.2) is 8.42 Å². The molecule has 1 fully saturated rings. The molecule has 0 aromatic heterocycles. The Morgan fingerprint density at radius 3 is 2.72 bits per heavy atom. The van der Waals surface area contributed by atoms with E-state index < -0.39 is 22.0 Å². The van der Waals surface area contributed by atoms with Crippen LogP contribution in [0.4, 0.5) is 5.69 Å². The molecule has 7 heteroatoms. The summed E-state index contributed by atoms with van der Waals surface area (Å²) >= 11 is 5.89. The Kier molecular flexibility index (Phi) is 3.70. The van der Waals surface area contributed by atoms with Crippen LogP contribution in [0.3, 0.4) is 0 Å². The molecule has 1 aromatic rings. The van der Waals surface area contributed by atoms with E-state index in [1.165, 1.54) is 7.11 Å². The Hall–Kier alpha value is -0.980. The first-order valence-electron chi connectivity index (χ1n) is 5.40. The molecule has 1 saturated heterocycles. The van der Waals surface area contributed by atoms with Gasteiger partial charge in [0.1, 0.15) is 5.75 Å². The highest BCUT2D eigenvalue weighted by molar-refractivity contribution is 7.91. The Bertz CT molecular complexity index is 546. The van der Waals surface area contributed by atoms with Crippen LogP contribution in [-0.4, -0.2) is 44.3 Å². The summed E-state index contributed by atoms with van der Waals surface area (Å²) in [6, 6.07) is 4.53. The minimum absolute atomic E-state index is 0.0703.